The van der Waals surface area contributed by atoms with Crippen molar-refractivity contribution in [1.82, 2.24) is 9.91 Å². The highest BCUT2D eigenvalue weighted by Gasteiger charge is 2.34. The largest absolute Gasteiger partial charge is 0.497 e. The lowest BCUT2D eigenvalue weighted by atomic mass is 9.98. The van der Waals surface area contributed by atoms with Crippen LogP contribution in [0.25, 0.3) is 0 Å². The molecule has 1 atom stereocenters. The Morgan fingerprint density at radius 1 is 1.17 bits per heavy atom. The van der Waals surface area contributed by atoms with Gasteiger partial charge in [0.2, 0.25) is 5.91 Å². The highest BCUT2D eigenvalue weighted by atomic mass is 35.5. The minimum atomic E-state index is -0.255. The average molecular weight is 428 g/mol. The third-order valence-corrected chi connectivity index (χ3v) is 5.34. The quantitative estimate of drug-likeness (QED) is 0.696. The fourth-order valence-corrected chi connectivity index (χ4v) is 3.56. The molecule has 0 saturated carbocycles. The summed E-state index contributed by atoms with van der Waals surface area (Å²) in [4.78, 5) is 26.8. The molecule has 0 N–H and O–H groups in total. The third kappa shape index (κ3) is 4.82. The zero-order valence-corrected chi connectivity index (χ0v) is 18.4. The molecule has 1 heterocycles. The lowest BCUT2D eigenvalue weighted by Gasteiger charge is -2.25. The maximum atomic E-state index is 13.1. The van der Waals surface area contributed by atoms with Crippen molar-refractivity contribution >= 4 is 29.1 Å². The summed E-state index contributed by atoms with van der Waals surface area (Å²) in [6, 6.07) is 14.8. The molecule has 0 bridgehead atoms. The predicted octanol–water partition coefficient (Wildman–Crippen LogP) is 4.14. The average Bonchev–Trinajstić information content (AvgIpc) is 3.19. The standard InChI is InChI=1S/C23H26ClN3O3/c1-15(2)23(29)26(3)14-22(28)27-21(17-5-9-18(24)10-6-17)13-20(25-27)16-7-11-19(30-4)12-8-16/h5-12,15,21H,13-14H2,1-4H3/t21-/m0/s1. The van der Waals surface area contributed by atoms with Crippen molar-refractivity contribution in [3.8, 4) is 5.75 Å². The number of hydrazone groups is 1. The highest BCUT2D eigenvalue weighted by Crippen LogP contribution is 2.33. The Bertz CT molecular complexity index is 939. The molecule has 2 amide bonds. The molecule has 0 unspecified atom stereocenters. The number of likely N-dealkylation sites (N-methyl/N-ethyl adjacent to an activating group) is 1. The predicted molar refractivity (Wildman–Crippen MR) is 118 cm³/mol. The van der Waals surface area contributed by atoms with Crippen molar-refractivity contribution in [2.75, 3.05) is 20.7 Å². The minimum Gasteiger partial charge on any atom is -0.497 e. The topological polar surface area (TPSA) is 62.2 Å². The van der Waals surface area contributed by atoms with E-state index < -0.39 is 0 Å². The Morgan fingerprint density at radius 3 is 2.37 bits per heavy atom. The van der Waals surface area contributed by atoms with Gasteiger partial charge >= 0.3 is 0 Å². The molecular formula is C23H26ClN3O3. The van der Waals surface area contributed by atoms with Crippen LogP contribution in [0.3, 0.4) is 0 Å². The number of benzene rings is 2. The van der Waals surface area contributed by atoms with Gasteiger partial charge < -0.3 is 9.64 Å². The van der Waals surface area contributed by atoms with E-state index in [9.17, 15) is 9.59 Å². The molecule has 3 rings (SSSR count). The number of carbonyl (C=O) groups is 2. The number of ether oxygens (including phenoxy) is 1. The SMILES string of the molecule is COc1ccc(C2=NN(C(=O)CN(C)C(=O)C(C)C)[C@H](c3ccc(Cl)cc3)C2)cc1. The number of rotatable bonds is 6. The zero-order chi connectivity index (χ0) is 21.8. The summed E-state index contributed by atoms with van der Waals surface area (Å²) in [6.45, 7) is 3.60. The third-order valence-electron chi connectivity index (χ3n) is 5.09. The summed E-state index contributed by atoms with van der Waals surface area (Å²) < 4.78 is 5.22. The molecular weight excluding hydrogens is 402 g/mol. The smallest absolute Gasteiger partial charge is 0.262 e. The van der Waals surface area contributed by atoms with Crippen LogP contribution in [0.15, 0.2) is 53.6 Å². The summed E-state index contributed by atoms with van der Waals surface area (Å²) in [7, 11) is 3.26. The van der Waals surface area contributed by atoms with Gasteiger partial charge in [0, 0.05) is 24.4 Å². The summed E-state index contributed by atoms with van der Waals surface area (Å²) in [6.07, 6.45) is 0.571. The first-order valence-corrected chi connectivity index (χ1v) is 10.2. The summed E-state index contributed by atoms with van der Waals surface area (Å²) >= 11 is 6.04. The van der Waals surface area contributed by atoms with Gasteiger partial charge in [-0.2, -0.15) is 5.10 Å². The Morgan fingerprint density at radius 2 is 1.80 bits per heavy atom. The summed E-state index contributed by atoms with van der Waals surface area (Å²) in [5.41, 5.74) is 2.68. The van der Waals surface area contributed by atoms with Crippen molar-refractivity contribution in [1.29, 1.82) is 0 Å². The Hall–Kier alpha value is -2.86. The van der Waals surface area contributed by atoms with Crippen LogP contribution < -0.4 is 4.74 Å². The molecule has 2 aromatic rings. The molecule has 7 heteroatoms. The second-order valence-corrected chi connectivity index (χ2v) is 8.07. The highest BCUT2D eigenvalue weighted by molar-refractivity contribution is 6.30. The van der Waals surface area contributed by atoms with Gasteiger partial charge in [0.15, 0.2) is 0 Å². The van der Waals surface area contributed by atoms with Crippen LogP contribution in [0.2, 0.25) is 5.02 Å². The van der Waals surface area contributed by atoms with E-state index in [-0.39, 0.29) is 30.3 Å². The number of amides is 2. The summed E-state index contributed by atoms with van der Waals surface area (Å²) in [5.74, 6) is 0.278. The van der Waals surface area contributed by atoms with Gasteiger partial charge in [-0.1, -0.05) is 37.6 Å². The molecule has 0 spiro atoms. The van der Waals surface area contributed by atoms with Gasteiger partial charge in [0.25, 0.3) is 5.91 Å². The number of hydrogen-bond acceptors (Lipinski definition) is 4. The van der Waals surface area contributed by atoms with Gasteiger partial charge in [-0.15, -0.1) is 0 Å². The maximum absolute atomic E-state index is 13.1. The van der Waals surface area contributed by atoms with E-state index in [4.69, 9.17) is 16.3 Å². The van der Waals surface area contributed by atoms with E-state index in [1.165, 1.54) is 9.91 Å². The molecule has 0 radical (unpaired) electrons. The molecule has 30 heavy (non-hydrogen) atoms. The van der Waals surface area contributed by atoms with Crippen LogP contribution in [-0.2, 0) is 9.59 Å². The van der Waals surface area contributed by atoms with Crippen molar-refractivity contribution in [3.05, 3.63) is 64.7 Å². The first-order chi connectivity index (χ1) is 14.3. The van der Waals surface area contributed by atoms with Gasteiger partial charge in [-0.3, -0.25) is 9.59 Å². The molecule has 0 fully saturated rings. The fourth-order valence-electron chi connectivity index (χ4n) is 3.44. The van der Waals surface area contributed by atoms with Crippen LogP contribution in [0.4, 0.5) is 0 Å². The molecule has 1 aliphatic heterocycles. The Kier molecular flexibility index (Phi) is 6.77. The van der Waals surface area contributed by atoms with Crippen LogP contribution in [-0.4, -0.2) is 48.1 Å². The second kappa shape index (κ2) is 9.30. The Labute approximate surface area is 182 Å². The number of carbonyl (C=O) groups excluding carboxylic acids is 2. The van der Waals surface area contributed by atoms with Gasteiger partial charge in [0.05, 0.1) is 18.9 Å². The van der Waals surface area contributed by atoms with Gasteiger partial charge in [-0.25, -0.2) is 5.01 Å². The fraction of sp³-hybridized carbons (Fsp3) is 0.348. The van der Waals surface area contributed by atoms with Crippen molar-refractivity contribution in [2.24, 2.45) is 11.0 Å². The first kappa shape index (κ1) is 21.8. The maximum Gasteiger partial charge on any atom is 0.262 e. The summed E-state index contributed by atoms with van der Waals surface area (Å²) in [5, 5.41) is 6.77. The zero-order valence-electron chi connectivity index (χ0n) is 17.6. The van der Waals surface area contributed by atoms with E-state index in [1.807, 2.05) is 50.2 Å². The first-order valence-electron chi connectivity index (χ1n) is 9.84. The number of hydrogen-bond donors (Lipinski definition) is 0. The van der Waals surface area contributed by atoms with Crippen LogP contribution >= 0.6 is 11.6 Å². The lowest BCUT2D eigenvalue weighted by molar-refractivity contribution is -0.142. The van der Waals surface area contributed by atoms with Gasteiger partial charge in [0.1, 0.15) is 12.3 Å². The van der Waals surface area contributed by atoms with E-state index in [1.54, 1.807) is 26.3 Å². The molecule has 0 aliphatic carbocycles. The van der Waals surface area contributed by atoms with Crippen LogP contribution in [0, 0.1) is 5.92 Å². The number of halogens is 1. The van der Waals surface area contributed by atoms with E-state index in [0.29, 0.717) is 11.4 Å². The monoisotopic (exact) mass is 427 g/mol. The number of methoxy groups -OCH3 is 1. The minimum absolute atomic E-state index is 0.0273. The molecule has 2 aromatic carbocycles. The van der Waals surface area contributed by atoms with E-state index in [0.717, 1.165) is 22.6 Å². The van der Waals surface area contributed by atoms with Crippen molar-refractivity contribution < 1.29 is 14.3 Å². The molecule has 0 saturated heterocycles. The molecule has 0 aromatic heterocycles. The molecule has 158 valence electrons. The second-order valence-electron chi connectivity index (χ2n) is 7.63. The van der Waals surface area contributed by atoms with Crippen LogP contribution in [0.1, 0.15) is 37.4 Å². The van der Waals surface area contributed by atoms with Crippen molar-refractivity contribution in [3.63, 3.8) is 0 Å². The normalized spacial score (nSPS) is 15.9. The number of nitrogens with zero attached hydrogens (tertiary/aromatic N) is 3. The molecule has 6 nitrogen and oxygen atoms in total. The van der Waals surface area contributed by atoms with Crippen molar-refractivity contribution in [2.45, 2.75) is 26.3 Å². The van der Waals surface area contributed by atoms with Gasteiger partial charge in [-0.05, 0) is 47.5 Å². The van der Waals surface area contributed by atoms with E-state index >= 15 is 0 Å². The van der Waals surface area contributed by atoms with Crippen LogP contribution in [0.5, 0.6) is 5.75 Å². The lowest BCUT2D eigenvalue weighted by Crippen LogP contribution is -2.40. The van der Waals surface area contributed by atoms with E-state index in [2.05, 4.69) is 5.10 Å². The molecule has 1 aliphatic rings. The Balaban J connectivity index is 1.88.